The highest BCUT2D eigenvalue weighted by Crippen LogP contribution is 2.23. The predicted octanol–water partition coefficient (Wildman–Crippen LogP) is 2.74. The number of para-hydroxylation sites is 1. The maximum absolute atomic E-state index is 4.77. The molecule has 1 aliphatic heterocycles. The number of piperazine rings is 1. The van der Waals surface area contributed by atoms with E-state index in [-0.39, 0.29) is 0 Å². The van der Waals surface area contributed by atoms with Crippen molar-refractivity contribution < 1.29 is 0 Å². The van der Waals surface area contributed by atoms with Gasteiger partial charge in [-0.15, -0.1) is 11.3 Å². The molecule has 3 aromatic rings. The predicted molar refractivity (Wildman–Crippen MR) is 98.0 cm³/mol. The van der Waals surface area contributed by atoms with Gasteiger partial charge in [-0.2, -0.15) is 0 Å². The van der Waals surface area contributed by atoms with E-state index in [0.717, 1.165) is 44.1 Å². The monoisotopic (exact) mass is 341 g/mol. The molecule has 0 N–H and O–H groups in total. The summed E-state index contributed by atoms with van der Waals surface area (Å²) < 4.78 is 3.40. The van der Waals surface area contributed by atoms with Gasteiger partial charge in [-0.25, -0.2) is 9.97 Å². The molecule has 5 nitrogen and oxygen atoms in total. The van der Waals surface area contributed by atoms with Crippen LogP contribution in [-0.4, -0.2) is 50.0 Å². The van der Waals surface area contributed by atoms with E-state index in [2.05, 4.69) is 57.6 Å². The Kier molecular flexibility index (Phi) is 4.35. The highest BCUT2D eigenvalue weighted by atomic mass is 32.1. The van der Waals surface area contributed by atoms with Crippen LogP contribution in [0.25, 0.3) is 10.2 Å². The first kappa shape index (κ1) is 15.7. The van der Waals surface area contributed by atoms with Gasteiger partial charge < -0.3 is 4.57 Å². The Morgan fingerprint density at radius 2 is 2.08 bits per heavy atom. The maximum Gasteiger partial charge on any atom is 0.122 e. The third-order valence-corrected chi connectivity index (χ3v) is 5.83. The fourth-order valence-electron chi connectivity index (χ4n) is 3.36. The number of aromatic nitrogens is 3. The van der Waals surface area contributed by atoms with E-state index >= 15 is 0 Å². The molecule has 0 unspecified atom stereocenters. The van der Waals surface area contributed by atoms with Crippen LogP contribution in [0.4, 0.5) is 0 Å². The zero-order chi connectivity index (χ0) is 16.5. The lowest BCUT2D eigenvalue weighted by Gasteiger charge is -2.39. The molecule has 2 aromatic heterocycles. The van der Waals surface area contributed by atoms with Crippen molar-refractivity contribution in [1.29, 1.82) is 0 Å². The summed E-state index contributed by atoms with van der Waals surface area (Å²) >= 11 is 1.82. The summed E-state index contributed by atoms with van der Waals surface area (Å²) in [7, 11) is 2.07. The van der Waals surface area contributed by atoms with E-state index in [9.17, 15) is 0 Å². The Morgan fingerprint density at radius 1 is 1.21 bits per heavy atom. The van der Waals surface area contributed by atoms with Crippen molar-refractivity contribution in [2.75, 3.05) is 19.6 Å². The van der Waals surface area contributed by atoms with Gasteiger partial charge in [0.05, 0.1) is 23.3 Å². The second kappa shape index (κ2) is 6.63. The lowest BCUT2D eigenvalue weighted by atomic mass is 10.2. The number of thiazole rings is 1. The minimum Gasteiger partial charge on any atom is -0.337 e. The average molecular weight is 341 g/mol. The fourth-order valence-corrected chi connectivity index (χ4v) is 4.37. The Morgan fingerprint density at radius 3 is 2.83 bits per heavy atom. The van der Waals surface area contributed by atoms with Crippen molar-refractivity contribution in [1.82, 2.24) is 24.3 Å². The number of hydrogen-bond acceptors (Lipinski definition) is 5. The standard InChI is InChI=1S/C18H23N5S/c1-14-11-22(9-10-23(14)12-17-19-7-8-21(17)2)13-18-20-15-5-3-4-6-16(15)24-18/h3-8,14H,9-13H2,1-2H3/t14-/m0/s1. The van der Waals surface area contributed by atoms with Gasteiger partial charge in [-0.3, -0.25) is 9.80 Å². The zero-order valence-electron chi connectivity index (χ0n) is 14.2. The molecular weight excluding hydrogens is 318 g/mol. The molecule has 0 spiro atoms. The van der Waals surface area contributed by atoms with Crippen LogP contribution >= 0.6 is 11.3 Å². The SMILES string of the molecule is C[C@H]1CN(Cc2nc3ccccc3s2)CCN1Cc1nccn1C. The zero-order valence-corrected chi connectivity index (χ0v) is 15.0. The van der Waals surface area contributed by atoms with Gasteiger partial charge in [0.15, 0.2) is 0 Å². The first-order valence-electron chi connectivity index (χ1n) is 8.46. The van der Waals surface area contributed by atoms with Gasteiger partial charge in [0.25, 0.3) is 0 Å². The van der Waals surface area contributed by atoms with Crippen molar-refractivity contribution in [2.24, 2.45) is 7.05 Å². The van der Waals surface area contributed by atoms with Gasteiger partial charge in [0, 0.05) is 45.1 Å². The molecule has 1 atom stereocenters. The van der Waals surface area contributed by atoms with Crippen LogP contribution < -0.4 is 0 Å². The molecule has 1 aromatic carbocycles. The Hall–Kier alpha value is -1.76. The largest absolute Gasteiger partial charge is 0.337 e. The van der Waals surface area contributed by atoms with Gasteiger partial charge in [0.2, 0.25) is 0 Å². The van der Waals surface area contributed by atoms with Crippen LogP contribution in [-0.2, 0) is 20.1 Å². The number of hydrogen-bond donors (Lipinski definition) is 0. The van der Waals surface area contributed by atoms with E-state index in [4.69, 9.17) is 4.98 Å². The van der Waals surface area contributed by atoms with Crippen molar-refractivity contribution >= 4 is 21.6 Å². The van der Waals surface area contributed by atoms with Crippen LogP contribution in [0.5, 0.6) is 0 Å². The van der Waals surface area contributed by atoms with Gasteiger partial charge in [0.1, 0.15) is 10.8 Å². The quantitative estimate of drug-likeness (QED) is 0.731. The number of imidazole rings is 1. The molecule has 126 valence electrons. The van der Waals surface area contributed by atoms with Gasteiger partial charge in [-0.1, -0.05) is 12.1 Å². The number of aryl methyl sites for hydroxylation is 1. The third-order valence-electron chi connectivity index (χ3n) is 4.81. The van der Waals surface area contributed by atoms with Crippen LogP contribution in [0.15, 0.2) is 36.7 Å². The Labute approximate surface area is 146 Å². The lowest BCUT2D eigenvalue weighted by molar-refractivity contribution is 0.0707. The molecule has 1 saturated heterocycles. The molecular formula is C18H23N5S. The van der Waals surface area contributed by atoms with Crippen molar-refractivity contribution in [3.8, 4) is 0 Å². The molecule has 3 heterocycles. The molecule has 0 aliphatic carbocycles. The van der Waals surface area contributed by atoms with E-state index in [1.54, 1.807) is 0 Å². The van der Waals surface area contributed by atoms with E-state index < -0.39 is 0 Å². The van der Waals surface area contributed by atoms with Gasteiger partial charge >= 0.3 is 0 Å². The highest BCUT2D eigenvalue weighted by molar-refractivity contribution is 7.18. The molecule has 0 radical (unpaired) electrons. The van der Waals surface area contributed by atoms with Crippen molar-refractivity contribution in [3.05, 3.63) is 47.5 Å². The second-order valence-corrected chi connectivity index (χ2v) is 7.70. The summed E-state index contributed by atoms with van der Waals surface area (Å²) in [6.45, 7) is 7.46. The normalized spacial score (nSPS) is 20.0. The summed E-state index contributed by atoms with van der Waals surface area (Å²) in [5.41, 5.74) is 1.12. The number of nitrogens with zero attached hydrogens (tertiary/aromatic N) is 5. The van der Waals surface area contributed by atoms with E-state index in [1.807, 2.05) is 23.7 Å². The Balaban J connectivity index is 1.38. The molecule has 24 heavy (non-hydrogen) atoms. The third kappa shape index (κ3) is 3.22. The lowest BCUT2D eigenvalue weighted by Crippen LogP contribution is -2.51. The molecule has 0 amide bonds. The number of rotatable bonds is 4. The highest BCUT2D eigenvalue weighted by Gasteiger charge is 2.25. The summed E-state index contributed by atoms with van der Waals surface area (Å²) in [6, 6.07) is 8.93. The van der Waals surface area contributed by atoms with Crippen LogP contribution in [0, 0.1) is 0 Å². The maximum atomic E-state index is 4.77. The molecule has 6 heteroatoms. The van der Waals surface area contributed by atoms with Crippen LogP contribution in [0.3, 0.4) is 0 Å². The molecule has 0 saturated carbocycles. The summed E-state index contributed by atoms with van der Waals surface area (Å²) in [5.74, 6) is 1.14. The number of benzene rings is 1. The summed E-state index contributed by atoms with van der Waals surface area (Å²) in [5, 5.41) is 1.22. The van der Waals surface area contributed by atoms with E-state index in [0.29, 0.717) is 6.04 Å². The first-order chi connectivity index (χ1) is 11.7. The van der Waals surface area contributed by atoms with Gasteiger partial charge in [-0.05, 0) is 19.1 Å². The van der Waals surface area contributed by atoms with Crippen LogP contribution in [0.1, 0.15) is 17.8 Å². The molecule has 0 bridgehead atoms. The minimum absolute atomic E-state index is 0.532. The molecule has 4 rings (SSSR count). The smallest absolute Gasteiger partial charge is 0.122 e. The van der Waals surface area contributed by atoms with E-state index in [1.165, 1.54) is 9.71 Å². The topological polar surface area (TPSA) is 37.2 Å². The number of fused-ring (bicyclic) bond motifs is 1. The molecule has 1 fully saturated rings. The van der Waals surface area contributed by atoms with Crippen molar-refractivity contribution in [3.63, 3.8) is 0 Å². The Bertz CT molecular complexity index is 791. The fraction of sp³-hybridized carbons (Fsp3) is 0.444. The van der Waals surface area contributed by atoms with Crippen LogP contribution in [0.2, 0.25) is 0 Å². The molecule has 1 aliphatic rings. The summed E-state index contributed by atoms with van der Waals surface area (Å²) in [4.78, 5) is 14.3. The minimum atomic E-state index is 0.532. The summed E-state index contributed by atoms with van der Waals surface area (Å²) in [6.07, 6.45) is 3.90. The van der Waals surface area contributed by atoms with Crippen molar-refractivity contribution in [2.45, 2.75) is 26.1 Å². The second-order valence-electron chi connectivity index (χ2n) is 6.58. The first-order valence-corrected chi connectivity index (χ1v) is 9.28. The average Bonchev–Trinajstić information content (AvgIpc) is 3.15.